The number of nitrogens with two attached hydrogens (primary N) is 1. The van der Waals surface area contributed by atoms with E-state index >= 15 is 0 Å². The van der Waals surface area contributed by atoms with Crippen molar-refractivity contribution in [3.8, 4) is 17.2 Å². The predicted molar refractivity (Wildman–Crippen MR) is 97.5 cm³/mol. The molecular formula is C19H15F3N6. The number of rotatable bonds is 3. The maximum atomic E-state index is 13.0. The Hall–Kier alpha value is -3.33. The standard InChI is InChI=1S/C19H15F3N6/c1-11(23)14-3-2-4-15(26-14)12-5-6-13-10-25-28(16(13)9-12)18-24-8-7-17(27-18)19(20,21)22/h2-11H,23H2,1H3. The highest BCUT2D eigenvalue weighted by Crippen LogP contribution is 2.29. The minimum absolute atomic E-state index is 0.153. The third-order valence-corrected chi connectivity index (χ3v) is 4.23. The molecule has 1 aromatic carbocycles. The molecule has 1 unspecified atom stereocenters. The molecule has 0 amide bonds. The van der Waals surface area contributed by atoms with E-state index in [-0.39, 0.29) is 12.0 Å². The van der Waals surface area contributed by atoms with Crippen molar-refractivity contribution in [2.45, 2.75) is 19.1 Å². The largest absolute Gasteiger partial charge is 0.433 e. The number of pyridine rings is 1. The number of hydrogen-bond acceptors (Lipinski definition) is 5. The molecular weight excluding hydrogens is 369 g/mol. The summed E-state index contributed by atoms with van der Waals surface area (Å²) in [5.74, 6) is -0.153. The summed E-state index contributed by atoms with van der Waals surface area (Å²) in [5.41, 5.74) is 7.68. The van der Waals surface area contributed by atoms with Crippen LogP contribution >= 0.6 is 0 Å². The van der Waals surface area contributed by atoms with Gasteiger partial charge in [-0.25, -0.2) is 9.97 Å². The molecule has 0 fully saturated rings. The van der Waals surface area contributed by atoms with E-state index in [9.17, 15) is 13.2 Å². The summed E-state index contributed by atoms with van der Waals surface area (Å²) in [7, 11) is 0. The van der Waals surface area contributed by atoms with Crippen molar-refractivity contribution in [3.05, 3.63) is 66.2 Å². The van der Waals surface area contributed by atoms with Gasteiger partial charge in [0.15, 0.2) is 0 Å². The van der Waals surface area contributed by atoms with Gasteiger partial charge < -0.3 is 5.73 Å². The van der Waals surface area contributed by atoms with Crippen molar-refractivity contribution in [1.82, 2.24) is 24.7 Å². The van der Waals surface area contributed by atoms with Crippen LogP contribution in [0.15, 0.2) is 54.9 Å². The summed E-state index contributed by atoms with van der Waals surface area (Å²) < 4.78 is 40.2. The van der Waals surface area contributed by atoms with E-state index in [1.807, 2.05) is 37.3 Å². The molecule has 1 atom stereocenters. The van der Waals surface area contributed by atoms with E-state index < -0.39 is 11.9 Å². The van der Waals surface area contributed by atoms with Crippen LogP contribution in [0.1, 0.15) is 24.4 Å². The second-order valence-corrected chi connectivity index (χ2v) is 6.31. The lowest BCUT2D eigenvalue weighted by atomic mass is 10.1. The Morgan fingerprint density at radius 2 is 1.89 bits per heavy atom. The van der Waals surface area contributed by atoms with Gasteiger partial charge in [-0.3, -0.25) is 4.98 Å². The fourth-order valence-electron chi connectivity index (χ4n) is 2.81. The van der Waals surface area contributed by atoms with Crippen LogP contribution in [0, 0.1) is 0 Å². The summed E-state index contributed by atoms with van der Waals surface area (Å²) >= 11 is 0. The number of fused-ring (bicyclic) bond motifs is 1. The van der Waals surface area contributed by atoms with Gasteiger partial charge in [0.1, 0.15) is 5.69 Å². The SMILES string of the molecule is CC(N)c1cccc(-c2ccc3cnn(-c4nccc(C(F)(F)F)n4)c3c2)n1. The highest BCUT2D eigenvalue weighted by molar-refractivity contribution is 5.84. The Labute approximate surface area is 157 Å². The first-order valence-electron chi connectivity index (χ1n) is 8.44. The maximum Gasteiger partial charge on any atom is 0.433 e. The molecule has 0 saturated heterocycles. The summed E-state index contributed by atoms with van der Waals surface area (Å²) in [4.78, 5) is 12.1. The number of alkyl halides is 3. The zero-order valence-corrected chi connectivity index (χ0v) is 14.7. The number of hydrogen-bond donors (Lipinski definition) is 1. The van der Waals surface area contributed by atoms with Crippen LogP contribution in [0.5, 0.6) is 0 Å². The second-order valence-electron chi connectivity index (χ2n) is 6.31. The van der Waals surface area contributed by atoms with Crippen LogP contribution in [-0.4, -0.2) is 24.7 Å². The van der Waals surface area contributed by atoms with Crippen molar-refractivity contribution in [2.75, 3.05) is 0 Å². The average Bonchev–Trinajstić information content (AvgIpc) is 3.10. The molecule has 2 N–H and O–H groups in total. The fraction of sp³-hybridized carbons (Fsp3) is 0.158. The van der Waals surface area contributed by atoms with Gasteiger partial charge in [0.05, 0.1) is 23.1 Å². The molecule has 28 heavy (non-hydrogen) atoms. The number of aromatic nitrogens is 5. The van der Waals surface area contributed by atoms with Crippen molar-refractivity contribution in [2.24, 2.45) is 5.73 Å². The number of benzene rings is 1. The molecule has 0 saturated carbocycles. The molecule has 0 radical (unpaired) electrons. The molecule has 0 aliphatic carbocycles. The molecule has 6 nitrogen and oxygen atoms in total. The third kappa shape index (κ3) is 3.31. The van der Waals surface area contributed by atoms with Crippen molar-refractivity contribution in [3.63, 3.8) is 0 Å². The lowest BCUT2D eigenvalue weighted by Gasteiger charge is -2.09. The van der Waals surface area contributed by atoms with Crippen molar-refractivity contribution >= 4 is 10.9 Å². The van der Waals surface area contributed by atoms with Gasteiger partial charge >= 0.3 is 6.18 Å². The Bertz CT molecular complexity index is 1150. The molecule has 142 valence electrons. The van der Waals surface area contributed by atoms with Crippen molar-refractivity contribution < 1.29 is 13.2 Å². The van der Waals surface area contributed by atoms with Crippen LogP contribution in [-0.2, 0) is 6.18 Å². The summed E-state index contributed by atoms with van der Waals surface area (Å²) in [5, 5.41) is 4.90. The Kier molecular flexibility index (Phi) is 4.31. The van der Waals surface area contributed by atoms with Crippen LogP contribution in [0.3, 0.4) is 0 Å². The zero-order chi connectivity index (χ0) is 19.9. The van der Waals surface area contributed by atoms with E-state index in [0.717, 1.165) is 28.9 Å². The molecule has 3 aromatic heterocycles. The lowest BCUT2D eigenvalue weighted by Crippen LogP contribution is -2.12. The Balaban J connectivity index is 1.83. The van der Waals surface area contributed by atoms with Gasteiger partial charge in [-0.05, 0) is 31.2 Å². The topological polar surface area (TPSA) is 82.5 Å². The van der Waals surface area contributed by atoms with Gasteiger partial charge in [-0.1, -0.05) is 18.2 Å². The number of halogens is 3. The van der Waals surface area contributed by atoms with Crippen LogP contribution in [0.4, 0.5) is 13.2 Å². The minimum Gasteiger partial charge on any atom is -0.323 e. The van der Waals surface area contributed by atoms with E-state index in [0.29, 0.717) is 11.2 Å². The average molecular weight is 384 g/mol. The van der Waals surface area contributed by atoms with Crippen molar-refractivity contribution in [1.29, 1.82) is 0 Å². The van der Waals surface area contributed by atoms with Crippen LogP contribution < -0.4 is 5.73 Å². The van der Waals surface area contributed by atoms with Crippen LogP contribution in [0.2, 0.25) is 0 Å². The normalized spacial score (nSPS) is 13.0. The summed E-state index contributed by atoms with van der Waals surface area (Å²) in [6.07, 6.45) is -1.94. The highest BCUT2D eigenvalue weighted by atomic mass is 19.4. The first-order chi connectivity index (χ1) is 13.3. The summed E-state index contributed by atoms with van der Waals surface area (Å²) in [6.45, 7) is 1.84. The van der Waals surface area contributed by atoms with Gasteiger partial charge in [0.2, 0.25) is 0 Å². The zero-order valence-electron chi connectivity index (χ0n) is 14.7. The third-order valence-electron chi connectivity index (χ3n) is 4.23. The quantitative estimate of drug-likeness (QED) is 0.579. The molecule has 0 bridgehead atoms. The predicted octanol–water partition coefficient (Wildman–Crippen LogP) is 3.92. The highest BCUT2D eigenvalue weighted by Gasteiger charge is 2.33. The van der Waals surface area contributed by atoms with E-state index in [1.54, 1.807) is 12.3 Å². The molecule has 3 heterocycles. The molecule has 0 aliphatic heterocycles. The van der Waals surface area contributed by atoms with Gasteiger partial charge in [0, 0.05) is 23.2 Å². The van der Waals surface area contributed by atoms with E-state index in [4.69, 9.17) is 5.73 Å². The minimum atomic E-state index is -4.56. The second kappa shape index (κ2) is 6.68. The fourth-order valence-corrected chi connectivity index (χ4v) is 2.81. The first-order valence-corrected chi connectivity index (χ1v) is 8.44. The molecule has 4 rings (SSSR count). The monoisotopic (exact) mass is 384 g/mol. The maximum absolute atomic E-state index is 13.0. The van der Waals surface area contributed by atoms with Crippen LogP contribution in [0.25, 0.3) is 28.1 Å². The molecule has 0 spiro atoms. The molecule has 9 heteroatoms. The van der Waals surface area contributed by atoms with Gasteiger partial charge in [-0.2, -0.15) is 23.0 Å². The van der Waals surface area contributed by atoms with E-state index in [1.165, 1.54) is 4.68 Å². The smallest absolute Gasteiger partial charge is 0.323 e. The lowest BCUT2D eigenvalue weighted by molar-refractivity contribution is -0.141. The van der Waals surface area contributed by atoms with Gasteiger partial charge in [-0.15, -0.1) is 0 Å². The first kappa shape index (κ1) is 18.1. The Morgan fingerprint density at radius 1 is 1.07 bits per heavy atom. The van der Waals surface area contributed by atoms with Gasteiger partial charge in [0.25, 0.3) is 5.95 Å². The molecule has 0 aliphatic rings. The molecule has 4 aromatic rings. The summed E-state index contributed by atoms with van der Waals surface area (Å²) in [6, 6.07) is 11.6. The number of nitrogens with zero attached hydrogens (tertiary/aromatic N) is 5. The van der Waals surface area contributed by atoms with E-state index in [2.05, 4.69) is 20.1 Å². The Morgan fingerprint density at radius 3 is 2.64 bits per heavy atom.